The Morgan fingerprint density at radius 3 is 2.59 bits per heavy atom. The first-order valence-electron chi connectivity index (χ1n) is 14.0. The highest BCUT2D eigenvalue weighted by atomic mass is 32.1. The number of phenols is 1. The molecule has 1 atom stereocenters. The van der Waals surface area contributed by atoms with Gasteiger partial charge in [-0.15, -0.1) is 0 Å². The highest BCUT2D eigenvalue weighted by molar-refractivity contribution is 7.07. The van der Waals surface area contributed by atoms with Gasteiger partial charge in [-0.25, -0.2) is 9.79 Å². The van der Waals surface area contributed by atoms with Gasteiger partial charge in [0, 0.05) is 0 Å². The second-order valence-electron chi connectivity index (χ2n) is 9.81. The fourth-order valence-electron chi connectivity index (χ4n) is 4.86. The number of thiazole rings is 1. The number of carbonyl (C=O) groups is 1. The van der Waals surface area contributed by atoms with Crippen molar-refractivity contribution in [1.29, 1.82) is 0 Å². The summed E-state index contributed by atoms with van der Waals surface area (Å²) in [4.78, 5) is 32.9. The third kappa shape index (κ3) is 6.30. The van der Waals surface area contributed by atoms with Crippen LogP contribution < -0.4 is 29.1 Å². The number of hydrogen-bond donors (Lipinski definition) is 1. The summed E-state index contributed by atoms with van der Waals surface area (Å²) >= 11 is 1.20. The lowest BCUT2D eigenvalue weighted by Gasteiger charge is -2.25. The Kier molecular flexibility index (Phi) is 9.30. The van der Waals surface area contributed by atoms with Crippen LogP contribution in [0.3, 0.4) is 0 Å². The summed E-state index contributed by atoms with van der Waals surface area (Å²) in [5, 5.41) is 10.1. The number of esters is 1. The maximum atomic E-state index is 14.1. The second-order valence-corrected chi connectivity index (χ2v) is 10.8. The molecule has 4 aromatic rings. The molecule has 3 aromatic carbocycles. The number of nitrogens with zero attached hydrogens (tertiary/aromatic N) is 2. The summed E-state index contributed by atoms with van der Waals surface area (Å²) in [6.45, 7) is 7.97. The van der Waals surface area contributed by atoms with Crippen LogP contribution in [0.4, 0.5) is 0 Å². The van der Waals surface area contributed by atoms with Gasteiger partial charge >= 0.3 is 5.97 Å². The van der Waals surface area contributed by atoms with Gasteiger partial charge < -0.3 is 24.1 Å². The third-order valence-corrected chi connectivity index (χ3v) is 7.88. The van der Waals surface area contributed by atoms with Gasteiger partial charge in [-0.2, -0.15) is 0 Å². The van der Waals surface area contributed by atoms with E-state index in [-0.39, 0.29) is 30.1 Å². The third-order valence-electron chi connectivity index (χ3n) is 6.90. The van der Waals surface area contributed by atoms with E-state index in [1.54, 1.807) is 49.4 Å². The molecule has 44 heavy (non-hydrogen) atoms. The van der Waals surface area contributed by atoms with Crippen molar-refractivity contribution in [3.8, 4) is 23.0 Å². The Hall–Kier alpha value is -5.09. The highest BCUT2D eigenvalue weighted by Gasteiger charge is 2.34. The Morgan fingerprint density at radius 2 is 1.86 bits per heavy atom. The molecular weight excluding hydrogens is 580 g/mol. The molecule has 226 valence electrons. The molecule has 0 fully saturated rings. The summed E-state index contributed by atoms with van der Waals surface area (Å²) in [6, 6.07) is 18.7. The zero-order valence-electron chi connectivity index (χ0n) is 24.6. The topological polar surface area (TPSA) is 109 Å². The molecule has 0 bridgehead atoms. The second kappa shape index (κ2) is 13.5. The normalized spacial score (nSPS) is 14.4. The van der Waals surface area contributed by atoms with Gasteiger partial charge in [0.05, 0.1) is 35.6 Å². The minimum atomic E-state index is -0.849. The molecule has 1 aromatic heterocycles. The molecule has 5 rings (SSSR count). The fraction of sp³-hybridized carbons (Fsp3) is 0.206. The van der Waals surface area contributed by atoms with Gasteiger partial charge in [0.25, 0.3) is 5.56 Å². The van der Waals surface area contributed by atoms with Gasteiger partial charge in [-0.05, 0) is 60.9 Å². The van der Waals surface area contributed by atoms with Crippen LogP contribution >= 0.6 is 11.3 Å². The van der Waals surface area contributed by atoms with E-state index in [0.29, 0.717) is 50.0 Å². The Labute approximate surface area is 258 Å². The number of phenolic OH excluding ortho intramolecular Hbond substituents is 1. The highest BCUT2D eigenvalue weighted by Crippen LogP contribution is 2.36. The number of benzene rings is 3. The van der Waals surface area contributed by atoms with Crippen molar-refractivity contribution in [3.05, 3.63) is 127 Å². The summed E-state index contributed by atoms with van der Waals surface area (Å²) in [5.41, 5.74) is 2.46. The van der Waals surface area contributed by atoms with Crippen LogP contribution in [0.15, 0.2) is 100 Å². The number of methoxy groups -OCH3 is 1. The first-order valence-corrected chi connectivity index (χ1v) is 14.8. The average Bonchev–Trinajstić information content (AvgIpc) is 3.33. The molecule has 1 N–H and O–H groups in total. The number of aromatic hydroxyl groups is 1. The maximum Gasteiger partial charge on any atom is 0.338 e. The van der Waals surface area contributed by atoms with Crippen LogP contribution in [0.1, 0.15) is 36.6 Å². The largest absolute Gasteiger partial charge is 0.504 e. The van der Waals surface area contributed by atoms with Crippen LogP contribution in [0.25, 0.3) is 6.08 Å². The summed E-state index contributed by atoms with van der Waals surface area (Å²) < 4.78 is 24.5. The molecule has 1 aliphatic heterocycles. The number of aromatic nitrogens is 1. The molecule has 2 heterocycles. The molecule has 0 aliphatic carbocycles. The Balaban J connectivity index is 1.63. The van der Waals surface area contributed by atoms with E-state index >= 15 is 0 Å². The minimum absolute atomic E-state index is 0.00852. The number of fused-ring (bicyclic) bond motifs is 1. The molecule has 1 aliphatic rings. The summed E-state index contributed by atoms with van der Waals surface area (Å²) in [5.74, 6) is 0.673. The van der Waals surface area contributed by atoms with Gasteiger partial charge in [-0.3, -0.25) is 9.36 Å². The smallest absolute Gasteiger partial charge is 0.338 e. The first kappa shape index (κ1) is 30.4. The van der Waals surface area contributed by atoms with Crippen LogP contribution in [0, 0.1) is 0 Å². The van der Waals surface area contributed by atoms with E-state index < -0.39 is 12.0 Å². The average molecular weight is 613 g/mol. The molecule has 0 radical (unpaired) electrons. The molecule has 0 spiro atoms. The monoisotopic (exact) mass is 612 g/mol. The number of allylic oxidation sites excluding steroid dienone is 1. The van der Waals surface area contributed by atoms with E-state index in [2.05, 4.69) is 11.6 Å². The number of rotatable bonds is 11. The van der Waals surface area contributed by atoms with Crippen molar-refractivity contribution >= 4 is 23.4 Å². The van der Waals surface area contributed by atoms with E-state index in [0.717, 1.165) is 5.56 Å². The van der Waals surface area contributed by atoms with Crippen molar-refractivity contribution in [2.24, 2.45) is 4.99 Å². The number of ether oxygens (including phenoxy) is 4. The lowest BCUT2D eigenvalue weighted by atomic mass is 9.95. The van der Waals surface area contributed by atoms with Crippen molar-refractivity contribution in [2.75, 3.05) is 20.3 Å². The van der Waals surface area contributed by atoms with E-state index in [4.69, 9.17) is 18.9 Å². The van der Waals surface area contributed by atoms with Crippen molar-refractivity contribution in [3.63, 3.8) is 0 Å². The van der Waals surface area contributed by atoms with Crippen LogP contribution in [-0.4, -0.2) is 36.0 Å². The summed E-state index contributed by atoms with van der Waals surface area (Å²) in [7, 11) is 1.52. The SMILES string of the molecule is C=CCOc1ccc(C2C(C(=O)OCc3ccccc3)=C(C)N=c3s/c(=C\c4ccc(O)c(OCC)c4)c(=O)n32)cc1OC. The quantitative estimate of drug-likeness (QED) is 0.194. The Bertz CT molecular complexity index is 1910. The molecule has 10 heteroatoms. The predicted octanol–water partition coefficient (Wildman–Crippen LogP) is 4.66. The number of carbonyl (C=O) groups excluding carboxylic acids is 1. The zero-order valence-corrected chi connectivity index (χ0v) is 25.4. The van der Waals surface area contributed by atoms with Crippen molar-refractivity contribution < 1.29 is 28.8 Å². The standard InChI is InChI=1S/C34H32N2O7S/c1-5-16-42-26-15-13-24(19-28(26)40-4)31-30(33(39)43-20-22-10-8-7-9-11-22)21(3)35-34-36(31)32(38)29(44-34)18-23-12-14-25(37)27(17-23)41-6-2/h5,7-15,17-19,31,37H,1,6,16,20H2,2-4H3/b29-18-. The van der Waals surface area contributed by atoms with Gasteiger partial charge in [0.15, 0.2) is 27.8 Å². The van der Waals surface area contributed by atoms with Gasteiger partial charge in [-0.1, -0.05) is 66.5 Å². The molecular formula is C34H32N2O7S. The molecule has 0 saturated carbocycles. The summed E-state index contributed by atoms with van der Waals surface area (Å²) in [6.07, 6.45) is 3.34. The molecule has 0 saturated heterocycles. The van der Waals surface area contributed by atoms with E-state index in [1.165, 1.54) is 29.1 Å². The molecule has 0 amide bonds. The van der Waals surface area contributed by atoms with Crippen molar-refractivity contribution in [2.45, 2.75) is 26.5 Å². The fourth-order valence-corrected chi connectivity index (χ4v) is 5.91. The number of hydrogen-bond acceptors (Lipinski definition) is 9. The Morgan fingerprint density at radius 1 is 1.07 bits per heavy atom. The first-order chi connectivity index (χ1) is 21.3. The van der Waals surface area contributed by atoms with Crippen LogP contribution in [-0.2, 0) is 16.1 Å². The van der Waals surface area contributed by atoms with E-state index in [9.17, 15) is 14.7 Å². The lowest BCUT2D eigenvalue weighted by molar-refractivity contribution is -0.140. The van der Waals surface area contributed by atoms with Gasteiger partial charge in [0.2, 0.25) is 0 Å². The molecule has 1 unspecified atom stereocenters. The lowest BCUT2D eigenvalue weighted by Crippen LogP contribution is -2.39. The van der Waals surface area contributed by atoms with Crippen LogP contribution in [0.5, 0.6) is 23.0 Å². The predicted molar refractivity (Wildman–Crippen MR) is 168 cm³/mol. The van der Waals surface area contributed by atoms with Gasteiger partial charge in [0.1, 0.15) is 13.2 Å². The molecule has 9 nitrogen and oxygen atoms in total. The minimum Gasteiger partial charge on any atom is -0.504 e. The van der Waals surface area contributed by atoms with Crippen molar-refractivity contribution in [1.82, 2.24) is 4.57 Å². The van der Waals surface area contributed by atoms with E-state index in [1.807, 2.05) is 37.3 Å². The van der Waals surface area contributed by atoms with Crippen LogP contribution in [0.2, 0.25) is 0 Å². The zero-order chi connectivity index (χ0) is 31.2. The maximum absolute atomic E-state index is 14.1.